The molecule has 0 heterocycles. The molecule has 0 saturated heterocycles. The van der Waals surface area contributed by atoms with Gasteiger partial charge in [-0.2, -0.15) is 0 Å². The molecule has 0 unspecified atom stereocenters. The Labute approximate surface area is 77.8 Å². The Morgan fingerprint density at radius 1 is 1.38 bits per heavy atom. The molecule has 1 rings (SSSR count). The molecular weight excluding hydrogens is 164 g/mol. The van der Waals surface area contributed by atoms with Crippen LogP contribution in [0.25, 0.3) is 6.08 Å². The summed E-state index contributed by atoms with van der Waals surface area (Å²) in [6.07, 6.45) is 3.01. The van der Waals surface area contributed by atoms with E-state index in [4.69, 9.17) is 4.74 Å². The van der Waals surface area contributed by atoms with Gasteiger partial charge in [0.25, 0.3) is 0 Å². The molecule has 68 valence electrons. The Bertz CT molecular complexity index is 288. The second-order valence-electron chi connectivity index (χ2n) is 2.60. The largest absolute Gasteiger partial charge is 0.501 e. The first-order valence-electron chi connectivity index (χ1n) is 4.10. The Hall–Kier alpha value is -1.57. The maximum atomic E-state index is 10.2. The summed E-state index contributed by atoms with van der Waals surface area (Å²) in [5.41, 5.74) is 1.04. The van der Waals surface area contributed by atoms with Crippen LogP contribution in [0.1, 0.15) is 12.0 Å². The topological polar surface area (TPSA) is 26.3 Å². The fraction of sp³-hybridized carbons (Fsp3) is 0.182. The molecule has 2 heteroatoms. The van der Waals surface area contributed by atoms with Crippen LogP contribution in [0.5, 0.6) is 0 Å². The van der Waals surface area contributed by atoms with Crippen molar-refractivity contribution in [3.8, 4) is 0 Å². The van der Waals surface area contributed by atoms with Crippen molar-refractivity contribution >= 4 is 12.4 Å². The van der Waals surface area contributed by atoms with Crippen molar-refractivity contribution in [3.05, 3.63) is 41.7 Å². The average molecular weight is 176 g/mol. The van der Waals surface area contributed by atoms with Gasteiger partial charge in [0.05, 0.1) is 13.5 Å². The third-order valence-electron chi connectivity index (χ3n) is 1.67. The van der Waals surface area contributed by atoms with E-state index >= 15 is 0 Å². The molecule has 13 heavy (non-hydrogen) atoms. The van der Waals surface area contributed by atoms with Crippen LogP contribution < -0.4 is 0 Å². The summed E-state index contributed by atoms with van der Waals surface area (Å²) in [6, 6.07) is 9.76. The minimum absolute atomic E-state index is 0.325. The van der Waals surface area contributed by atoms with Gasteiger partial charge in [-0.25, -0.2) is 0 Å². The number of carbonyl (C=O) groups is 1. The molecule has 0 aromatic heterocycles. The quantitative estimate of drug-likeness (QED) is 0.519. The zero-order valence-corrected chi connectivity index (χ0v) is 7.57. The second-order valence-corrected chi connectivity index (χ2v) is 2.60. The van der Waals surface area contributed by atoms with E-state index in [2.05, 4.69) is 0 Å². The first-order valence-corrected chi connectivity index (χ1v) is 4.10. The van der Waals surface area contributed by atoms with Gasteiger partial charge in [0.15, 0.2) is 0 Å². The fourth-order valence-corrected chi connectivity index (χ4v) is 1.02. The number of carbonyl (C=O) groups excluding carboxylic acids is 1. The van der Waals surface area contributed by atoms with Crippen molar-refractivity contribution in [3.63, 3.8) is 0 Å². The lowest BCUT2D eigenvalue weighted by atomic mass is 10.2. The van der Waals surface area contributed by atoms with Gasteiger partial charge in [0.2, 0.25) is 0 Å². The number of aldehydes is 1. The Morgan fingerprint density at radius 2 is 2.08 bits per heavy atom. The molecule has 0 bridgehead atoms. The van der Waals surface area contributed by atoms with Crippen LogP contribution in [0.3, 0.4) is 0 Å². The third-order valence-corrected chi connectivity index (χ3v) is 1.67. The van der Waals surface area contributed by atoms with Gasteiger partial charge in [0.1, 0.15) is 12.0 Å². The maximum absolute atomic E-state index is 10.2. The minimum Gasteiger partial charge on any atom is -0.501 e. The maximum Gasteiger partial charge on any atom is 0.127 e. The van der Waals surface area contributed by atoms with Crippen LogP contribution in [0.15, 0.2) is 36.1 Å². The molecular formula is C11H12O2. The van der Waals surface area contributed by atoms with E-state index in [0.717, 1.165) is 11.8 Å². The molecule has 0 fully saturated rings. The Balaban J connectivity index is 2.78. The summed E-state index contributed by atoms with van der Waals surface area (Å²) in [7, 11) is 1.57. The molecule has 1 aromatic carbocycles. The third kappa shape index (κ3) is 3.11. The van der Waals surface area contributed by atoms with Crippen LogP contribution >= 0.6 is 0 Å². The van der Waals surface area contributed by atoms with E-state index in [1.54, 1.807) is 7.11 Å². The zero-order chi connectivity index (χ0) is 9.52. The number of hydrogen-bond acceptors (Lipinski definition) is 2. The molecule has 0 saturated carbocycles. The Kier molecular flexibility index (Phi) is 3.76. The molecule has 1 aromatic rings. The second kappa shape index (κ2) is 5.14. The normalized spacial score (nSPS) is 11.0. The van der Waals surface area contributed by atoms with Gasteiger partial charge in [-0.3, -0.25) is 0 Å². The molecule has 0 aliphatic carbocycles. The summed E-state index contributed by atoms with van der Waals surface area (Å²) in [4.78, 5) is 10.2. The standard InChI is InChI=1S/C11H12O2/c1-13-11(7-8-12)9-10-5-3-2-4-6-10/h2-6,8-9H,7H2,1H3. The zero-order valence-electron chi connectivity index (χ0n) is 7.57. The highest BCUT2D eigenvalue weighted by molar-refractivity contribution is 5.60. The number of allylic oxidation sites excluding steroid dienone is 1. The monoisotopic (exact) mass is 176 g/mol. The van der Waals surface area contributed by atoms with Crippen molar-refractivity contribution < 1.29 is 9.53 Å². The molecule has 0 radical (unpaired) electrons. The molecule has 0 aliphatic rings. The summed E-state index contributed by atoms with van der Waals surface area (Å²) >= 11 is 0. The van der Waals surface area contributed by atoms with Gasteiger partial charge < -0.3 is 9.53 Å². The van der Waals surface area contributed by atoms with Gasteiger partial charge in [-0.1, -0.05) is 30.3 Å². The summed E-state index contributed by atoms with van der Waals surface area (Å²) in [5, 5.41) is 0. The lowest BCUT2D eigenvalue weighted by Crippen LogP contribution is -1.87. The van der Waals surface area contributed by atoms with Gasteiger partial charge in [0, 0.05) is 0 Å². The van der Waals surface area contributed by atoms with Crippen molar-refractivity contribution in [1.29, 1.82) is 0 Å². The molecule has 0 aliphatic heterocycles. The van der Waals surface area contributed by atoms with Crippen LogP contribution in [0.2, 0.25) is 0 Å². The predicted molar refractivity (Wildman–Crippen MR) is 52.1 cm³/mol. The molecule has 0 N–H and O–H groups in total. The van der Waals surface area contributed by atoms with Crippen molar-refractivity contribution in [1.82, 2.24) is 0 Å². The van der Waals surface area contributed by atoms with Crippen molar-refractivity contribution in [2.24, 2.45) is 0 Å². The molecule has 0 atom stereocenters. The molecule has 2 nitrogen and oxygen atoms in total. The number of benzene rings is 1. The van der Waals surface area contributed by atoms with E-state index in [1.165, 1.54) is 0 Å². The number of rotatable bonds is 4. The van der Waals surface area contributed by atoms with Crippen LogP contribution in [0, 0.1) is 0 Å². The number of ether oxygens (including phenoxy) is 1. The highest BCUT2D eigenvalue weighted by Crippen LogP contribution is 2.08. The molecule has 0 amide bonds. The van der Waals surface area contributed by atoms with Crippen LogP contribution in [-0.2, 0) is 9.53 Å². The Morgan fingerprint density at radius 3 is 2.62 bits per heavy atom. The van der Waals surface area contributed by atoms with E-state index in [9.17, 15) is 4.79 Å². The SMILES string of the molecule is COC(=Cc1ccccc1)CC=O. The van der Waals surface area contributed by atoms with Crippen LogP contribution in [0.4, 0.5) is 0 Å². The first-order chi connectivity index (χ1) is 6.36. The molecule has 0 spiro atoms. The highest BCUT2D eigenvalue weighted by Gasteiger charge is 1.94. The van der Waals surface area contributed by atoms with Crippen LogP contribution in [-0.4, -0.2) is 13.4 Å². The smallest absolute Gasteiger partial charge is 0.127 e. The van der Waals surface area contributed by atoms with E-state index < -0.39 is 0 Å². The highest BCUT2D eigenvalue weighted by atomic mass is 16.5. The van der Waals surface area contributed by atoms with E-state index in [1.807, 2.05) is 36.4 Å². The van der Waals surface area contributed by atoms with Crippen molar-refractivity contribution in [2.75, 3.05) is 7.11 Å². The summed E-state index contributed by atoms with van der Waals surface area (Å²) < 4.78 is 5.02. The fourth-order valence-electron chi connectivity index (χ4n) is 1.02. The van der Waals surface area contributed by atoms with E-state index in [0.29, 0.717) is 12.2 Å². The van der Waals surface area contributed by atoms with Gasteiger partial charge in [-0.05, 0) is 11.6 Å². The van der Waals surface area contributed by atoms with Crippen molar-refractivity contribution in [2.45, 2.75) is 6.42 Å². The van der Waals surface area contributed by atoms with Gasteiger partial charge >= 0.3 is 0 Å². The minimum atomic E-state index is 0.325. The lowest BCUT2D eigenvalue weighted by Gasteiger charge is -2.01. The summed E-state index contributed by atoms with van der Waals surface area (Å²) in [5.74, 6) is 0.682. The number of methoxy groups -OCH3 is 1. The van der Waals surface area contributed by atoms with Gasteiger partial charge in [-0.15, -0.1) is 0 Å². The average Bonchev–Trinajstić information content (AvgIpc) is 2.19. The van der Waals surface area contributed by atoms with E-state index in [-0.39, 0.29) is 0 Å². The number of hydrogen-bond donors (Lipinski definition) is 0. The first kappa shape index (κ1) is 9.52. The lowest BCUT2D eigenvalue weighted by molar-refractivity contribution is -0.107. The summed E-state index contributed by atoms with van der Waals surface area (Å²) in [6.45, 7) is 0. The predicted octanol–water partition coefficient (Wildman–Crippen LogP) is 2.26.